The maximum absolute atomic E-state index is 11.6. The molecule has 2 amide bonds. The van der Waals surface area contributed by atoms with Crippen molar-refractivity contribution < 1.29 is 9.59 Å². The van der Waals surface area contributed by atoms with Gasteiger partial charge in [-0.2, -0.15) is 5.10 Å². The first kappa shape index (κ1) is 9.70. The zero-order chi connectivity index (χ0) is 10.7. The topological polar surface area (TPSA) is 86.9 Å². The number of hydrogen-bond acceptors (Lipinski definition) is 3. The summed E-state index contributed by atoms with van der Waals surface area (Å²) < 4.78 is 0. The van der Waals surface area contributed by atoms with Gasteiger partial charge in [-0.1, -0.05) is 0 Å². The third-order valence-electron chi connectivity index (χ3n) is 2.36. The SMILES string of the molecule is O=C1CCC(NC(=O)c2cn[nH]c2)CN1. The van der Waals surface area contributed by atoms with Crippen LogP contribution in [0.15, 0.2) is 12.4 Å². The van der Waals surface area contributed by atoms with E-state index in [9.17, 15) is 9.59 Å². The van der Waals surface area contributed by atoms with Gasteiger partial charge in [0.05, 0.1) is 11.8 Å². The lowest BCUT2D eigenvalue weighted by atomic mass is 10.1. The number of hydrogen-bond donors (Lipinski definition) is 3. The number of nitrogens with one attached hydrogen (secondary N) is 3. The number of carbonyl (C=O) groups excluding carboxylic acids is 2. The quantitative estimate of drug-likeness (QED) is 0.607. The summed E-state index contributed by atoms with van der Waals surface area (Å²) in [7, 11) is 0. The van der Waals surface area contributed by atoms with E-state index >= 15 is 0 Å². The molecule has 1 fully saturated rings. The molecule has 1 aliphatic heterocycles. The van der Waals surface area contributed by atoms with E-state index in [1.807, 2.05) is 0 Å². The Morgan fingerprint density at radius 1 is 1.60 bits per heavy atom. The molecule has 3 N–H and O–H groups in total. The van der Waals surface area contributed by atoms with Crippen molar-refractivity contribution in [3.05, 3.63) is 18.0 Å². The van der Waals surface area contributed by atoms with E-state index in [1.54, 1.807) is 0 Å². The van der Waals surface area contributed by atoms with Gasteiger partial charge in [0.15, 0.2) is 0 Å². The highest BCUT2D eigenvalue weighted by molar-refractivity contribution is 5.94. The molecular formula is C9H12N4O2. The van der Waals surface area contributed by atoms with E-state index in [1.165, 1.54) is 12.4 Å². The largest absolute Gasteiger partial charge is 0.354 e. The number of piperidine rings is 1. The molecule has 6 heteroatoms. The summed E-state index contributed by atoms with van der Waals surface area (Å²) in [6.45, 7) is 0.502. The Hall–Kier alpha value is -1.85. The van der Waals surface area contributed by atoms with Crippen molar-refractivity contribution in [3.8, 4) is 0 Å². The lowest BCUT2D eigenvalue weighted by molar-refractivity contribution is -0.122. The molecule has 2 rings (SSSR count). The van der Waals surface area contributed by atoms with Gasteiger partial charge in [0.25, 0.3) is 5.91 Å². The lowest BCUT2D eigenvalue weighted by Gasteiger charge is -2.23. The molecule has 15 heavy (non-hydrogen) atoms. The Morgan fingerprint density at radius 3 is 3.07 bits per heavy atom. The molecule has 0 spiro atoms. The molecule has 1 saturated heterocycles. The van der Waals surface area contributed by atoms with Crippen molar-refractivity contribution in [1.29, 1.82) is 0 Å². The van der Waals surface area contributed by atoms with Crippen LogP contribution in [-0.2, 0) is 4.79 Å². The van der Waals surface area contributed by atoms with E-state index in [0.29, 0.717) is 24.9 Å². The fourth-order valence-electron chi connectivity index (χ4n) is 1.50. The molecule has 1 unspecified atom stereocenters. The second-order valence-electron chi connectivity index (χ2n) is 3.50. The summed E-state index contributed by atoms with van der Waals surface area (Å²) in [4.78, 5) is 22.5. The molecule has 1 aromatic rings. The molecule has 0 radical (unpaired) electrons. The number of H-pyrrole nitrogens is 1. The van der Waals surface area contributed by atoms with E-state index < -0.39 is 0 Å². The van der Waals surface area contributed by atoms with Crippen LogP contribution in [0.1, 0.15) is 23.2 Å². The molecule has 80 valence electrons. The molecule has 0 bridgehead atoms. The van der Waals surface area contributed by atoms with E-state index in [0.717, 1.165) is 0 Å². The van der Waals surface area contributed by atoms with Crippen molar-refractivity contribution in [1.82, 2.24) is 20.8 Å². The number of aromatic nitrogens is 2. The van der Waals surface area contributed by atoms with Crippen LogP contribution in [0.25, 0.3) is 0 Å². The molecule has 1 atom stereocenters. The average molecular weight is 208 g/mol. The third-order valence-corrected chi connectivity index (χ3v) is 2.36. The third kappa shape index (κ3) is 2.34. The Morgan fingerprint density at radius 2 is 2.47 bits per heavy atom. The number of aromatic amines is 1. The number of amides is 2. The Bertz CT molecular complexity index is 350. The monoisotopic (exact) mass is 208 g/mol. The highest BCUT2D eigenvalue weighted by atomic mass is 16.2. The predicted molar refractivity (Wildman–Crippen MR) is 52.1 cm³/mol. The van der Waals surface area contributed by atoms with Crippen LogP contribution < -0.4 is 10.6 Å². The highest BCUT2D eigenvalue weighted by Gasteiger charge is 2.20. The standard InChI is InChI=1S/C9H12N4O2/c14-8-2-1-7(5-10-8)13-9(15)6-3-11-12-4-6/h3-4,7H,1-2,5H2,(H,10,14)(H,11,12)(H,13,15). The van der Waals surface area contributed by atoms with E-state index in [4.69, 9.17) is 0 Å². The van der Waals surface area contributed by atoms with Crippen LogP contribution in [0.4, 0.5) is 0 Å². The summed E-state index contributed by atoms with van der Waals surface area (Å²) in [5, 5.41) is 11.8. The normalized spacial score (nSPS) is 20.8. The summed E-state index contributed by atoms with van der Waals surface area (Å²) in [5.41, 5.74) is 0.506. The van der Waals surface area contributed by atoms with E-state index in [2.05, 4.69) is 20.8 Å². The van der Waals surface area contributed by atoms with Crippen LogP contribution in [-0.4, -0.2) is 34.6 Å². The highest BCUT2D eigenvalue weighted by Crippen LogP contribution is 2.04. The van der Waals surface area contributed by atoms with Gasteiger partial charge in [-0.3, -0.25) is 14.7 Å². The maximum Gasteiger partial charge on any atom is 0.254 e. The van der Waals surface area contributed by atoms with Crippen molar-refractivity contribution in [3.63, 3.8) is 0 Å². The molecular weight excluding hydrogens is 196 g/mol. The second-order valence-corrected chi connectivity index (χ2v) is 3.50. The van der Waals surface area contributed by atoms with Crippen LogP contribution in [0, 0.1) is 0 Å². The molecule has 0 aliphatic carbocycles. The zero-order valence-electron chi connectivity index (χ0n) is 8.12. The molecule has 0 aromatic carbocycles. The number of nitrogens with zero attached hydrogens (tertiary/aromatic N) is 1. The molecule has 1 aliphatic rings. The van der Waals surface area contributed by atoms with Gasteiger partial charge in [-0.15, -0.1) is 0 Å². The number of carbonyl (C=O) groups is 2. The van der Waals surface area contributed by atoms with Crippen LogP contribution in [0.3, 0.4) is 0 Å². The second kappa shape index (κ2) is 4.12. The van der Waals surface area contributed by atoms with Gasteiger partial charge in [-0.05, 0) is 6.42 Å². The molecule has 6 nitrogen and oxygen atoms in total. The van der Waals surface area contributed by atoms with E-state index in [-0.39, 0.29) is 17.9 Å². The summed E-state index contributed by atoms with van der Waals surface area (Å²) in [6.07, 6.45) is 4.17. The predicted octanol–water partition coefficient (Wildman–Crippen LogP) is -0.582. The summed E-state index contributed by atoms with van der Waals surface area (Å²) >= 11 is 0. The summed E-state index contributed by atoms with van der Waals surface area (Å²) in [6, 6.07) is 0.0186. The van der Waals surface area contributed by atoms with Crippen molar-refractivity contribution in [2.24, 2.45) is 0 Å². The average Bonchev–Trinajstić information content (AvgIpc) is 2.74. The molecule has 2 heterocycles. The maximum atomic E-state index is 11.6. The Balaban J connectivity index is 1.87. The Kier molecular flexibility index (Phi) is 2.66. The van der Waals surface area contributed by atoms with Crippen molar-refractivity contribution in [2.75, 3.05) is 6.54 Å². The Labute approximate surface area is 86.4 Å². The minimum absolute atomic E-state index is 0.0186. The van der Waals surface area contributed by atoms with Gasteiger partial charge < -0.3 is 10.6 Å². The number of rotatable bonds is 2. The van der Waals surface area contributed by atoms with Gasteiger partial charge in [0.2, 0.25) is 5.91 Å². The van der Waals surface area contributed by atoms with Crippen molar-refractivity contribution in [2.45, 2.75) is 18.9 Å². The molecule has 0 saturated carbocycles. The molecule has 1 aromatic heterocycles. The van der Waals surface area contributed by atoms with Gasteiger partial charge >= 0.3 is 0 Å². The fourth-order valence-corrected chi connectivity index (χ4v) is 1.50. The minimum atomic E-state index is -0.162. The smallest absolute Gasteiger partial charge is 0.254 e. The van der Waals surface area contributed by atoms with Crippen LogP contribution in [0.5, 0.6) is 0 Å². The lowest BCUT2D eigenvalue weighted by Crippen LogP contribution is -2.47. The van der Waals surface area contributed by atoms with Gasteiger partial charge in [0.1, 0.15) is 0 Å². The first-order chi connectivity index (χ1) is 7.25. The van der Waals surface area contributed by atoms with Gasteiger partial charge in [-0.25, -0.2) is 0 Å². The van der Waals surface area contributed by atoms with Crippen LogP contribution >= 0.6 is 0 Å². The van der Waals surface area contributed by atoms with Gasteiger partial charge in [0, 0.05) is 25.2 Å². The fraction of sp³-hybridized carbons (Fsp3) is 0.444. The minimum Gasteiger partial charge on any atom is -0.354 e. The van der Waals surface area contributed by atoms with Crippen molar-refractivity contribution >= 4 is 11.8 Å². The first-order valence-corrected chi connectivity index (χ1v) is 4.82. The first-order valence-electron chi connectivity index (χ1n) is 4.82. The summed E-state index contributed by atoms with van der Waals surface area (Å²) in [5.74, 6) is -0.117. The van der Waals surface area contributed by atoms with Crippen LogP contribution in [0.2, 0.25) is 0 Å². The zero-order valence-corrected chi connectivity index (χ0v) is 8.12.